The fraction of sp³-hybridized carbons (Fsp3) is 0.795. The molecule has 0 spiro atoms. The van der Waals surface area contributed by atoms with Crippen LogP contribution in [0.25, 0.3) is 0 Å². The summed E-state index contributed by atoms with van der Waals surface area (Å²) < 4.78 is 16.4. The molecule has 0 aromatic carbocycles. The van der Waals surface area contributed by atoms with E-state index in [1.165, 1.54) is 70.6 Å². The predicted molar refractivity (Wildman–Crippen MR) is 189 cm³/mol. The molecule has 0 fully saturated rings. The van der Waals surface area contributed by atoms with E-state index in [2.05, 4.69) is 12.2 Å². The molecule has 0 bridgehead atoms. The Balaban J connectivity index is 2.66. The number of ketones is 2. The van der Waals surface area contributed by atoms with Crippen LogP contribution < -0.4 is 5.32 Å². The first-order valence-electron chi connectivity index (χ1n) is 18.6. The highest BCUT2D eigenvalue weighted by Crippen LogP contribution is 2.29. The lowest BCUT2D eigenvalue weighted by molar-refractivity contribution is -0.155. The molecule has 0 atom stereocenters. The molecule has 1 aliphatic rings. The predicted octanol–water partition coefficient (Wildman–Crippen LogP) is 9.39. The number of rotatable bonds is 28. The number of esters is 1. The first-order chi connectivity index (χ1) is 22.3. The van der Waals surface area contributed by atoms with Crippen molar-refractivity contribution in [1.82, 2.24) is 5.32 Å². The van der Waals surface area contributed by atoms with Crippen LogP contribution in [-0.2, 0) is 33.4 Å². The zero-order chi connectivity index (χ0) is 35.1. The van der Waals surface area contributed by atoms with E-state index in [1.54, 1.807) is 6.92 Å². The average Bonchev–Trinajstić information content (AvgIpc) is 2.99. The summed E-state index contributed by atoms with van der Waals surface area (Å²) in [6.45, 7) is 14.3. The van der Waals surface area contributed by atoms with Crippen molar-refractivity contribution >= 4 is 24.0 Å². The minimum Gasteiger partial charge on any atom is -0.489 e. The van der Waals surface area contributed by atoms with E-state index in [9.17, 15) is 19.2 Å². The maximum absolute atomic E-state index is 13.7. The maximum Gasteiger partial charge on any atom is 0.306 e. The summed E-state index contributed by atoms with van der Waals surface area (Å²) in [6.07, 6.45) is 20.8. The standard InChI is InChI=1S/C39H67NO7/c1-8-9-10-11-12-13-14-15-16-17-18-19-20-21-25-32-36(44)34(40-28-23-22-27-39(6,7)46-30-41)31(2)35(43)37(32)45-29-24-26-33(42)47-38(3,4)5/h30,40H,8-29H2,1-7H3. The highest BCUT2D eigenvalue weighted by molar-refractivity contribution is 6.24. The fourth-order valence-electron chi connectivity index (χ4n) is 5.80. The topological polar surface area (TPSA) is 108 Å². The summed E-state index contributed by atoms with van der Waals surface area (Å²) in [5, 5.41) is 3.22. The van der Waals surface area contributed by atoms with Crippen LogP contribution in [0.2, 0.25) is 0 Å². The Hall–Kier alpha value is -2.64. The first-order valence-corrected chi connectivity index (χ1v) is 18.6. The molecule has 1 aliphatic carbocycles. The van der Waals surface area contributed by atoms with Gasteiger partial charge < -0.3 is 19.5 Å². The second kappa shape index (κ2) is 23.6. The average molecular weight is 662 g/mol. The summed E-state index contributed by atoms with van der Waals surface area (Å²) in [5.41, 5.74) is 0.0379. The van der Waals surface area contributed by atoms with E-state index in [0.717, 1.165) is 32.1 Å². The molecule has 0 aromatic rings. The van der Waals surface area contributed by atoms with Crippen molar-refractivity contribution in [3.05, 3.63) is 22.6 Å². The minimum atomic E-state index is -0.558. The van der Waals surface area contributed by atoms with Crippen LogP contribution >= 0.6 is 0 Å². The van der Waals surface area contributed by atoms with Gasteiger partial charge in [0.05, 0.1) is 12.3 Å². The highest BCUT2D eigenvalue weighted by Gasteiger charge is 2.33. The van der Waals surface area contributed by atoms with E-state index in [1.807, 2.05) is 34.6 Å². The quantitative estimate of drug-likeness (QED) is 0.0382. The number of ether oxygens (including phenoxy) is 3. The molecule has 1 rings (SSSR count). The molecule has 0 amide bonds. The van der Waals surface area contributed by atoms with Gasteiger partial charge >= 0.3 is 5.97 Å². The van der Waals surface area contributed by atoms with Gasteiger partial charge in [0.15, 0.2) is 5.76 Å². The van der Waals surface area contributed by atoms with Crippen molar-refractivity contribution in [2.45, 2.75) is 188 Å². The van der Waals surface area contributed by atoms with Crippen molar-refractivity contribution in [3.63, 3.8) is 0 Å². The van der Waals surface area contributed by atoms with Crippen molar-refractivity contribution in [2.24, 2.45) is 0 Å². The first kappa shape index (κ1) is 42.4. The SMILES string of the molecule is CCCCCCCCCCCCCCCCC1=C(OCCCC(=O)OC(C)(C)C)C(=O)C(C)=C(NCCCCC(C)(C)OC=O)C1=O. The van der Waals surface area contributed by atoms with Gasteiger partial charge in [-0.05, 0) is 80.1 Å². The van der Waals surface area contributed by atoms with Gasteiger partial charge in [-0.1, -0.05) is 90.4 Å². The largest absolute Gasteiger partial charge is 0.489 e. The summed E-state index contributed by atoms with van der Waals surface area (Å²) in [7, 11) is 0. The summed E-state index contributed by atoms with van der Waals surface area (Å²) in [5.74, 6) is -0.633. The number of carbonyl (C=O) groups excluding carboxylic acids is 4. The van der Waals surface area contributed by atoms with Gasteiger partial charge in [0, 0.05) is 24.1 Å². The van der Waals surface area contributed by atoms with Crippen molar-refractivity contribution in [2.75, 3.05) is 13.2 Å². The van der Waals surface area contributed by atoms with Gasteiger partial charge in [0.25, 0.3) is 6.47 Å². The molecule has 0 aliphatic heterocycles. The van der Waals surface area contributed by atoms with Crippen LogP contribution in [0.15, 0.2) is 22.6 Å². The number of hydrogen-bond acceptors (Lipinski definition) is 8. The van der Waals surface area contributed by atoms with Gasteiger partial charge in [-0.3, -0.25) is 19.2 Å². The molecule has 47 heavy (non-hydrogen) atoms. The zero-order valence-corrected chi connectivity index (χ0v) is 31.0. The van der Waals surface area contributed by atoms with Crippen molar-refractivity contribution < 1.29 is 33.4 Å². The van der Waals surface area contributed by atoms with Gasteiger partial charge in [0.2, 0.25) is 11.6 Å². The van der Waals surface area contributed by atoms with E-state index in [4.69, 9.17) is 14.2 Å². The second-order valence-corrected chi connectivity index (χ2v) is 14.7. The molecule has 1 N–H and O–H groups in total. The number of unbranched alkanes of at least 4 members (excludes halogenated alkanes) is 14. The third kappa shape index (κ3) is 19.1. The van der Waals surface area contributed by atoms with E-state index >= 15 is 0 Å². The number of Topliss-reactive ketones (excluding diaryl/α,β-unsaturated/α-hetero) is 2. The summed E-state index contributed by atoms with van der Waals surface area (Å²) >= 11 is 0. The second-order valence-electron chi connectivity index (χ2n) is 14.7. The van der Waals surface area contributed by atoms with Crippen LogP contribution in [0.3, 0.4) is 0 Å². The van der Waals surface area contributed by atoms with Crippen molar-refractivity contribution in [3.8, 4) is 0 Å². The van der Waals surface area contributed by atoms with Crippen LogP contribution in [-0.4, -0.2) is 48.4 Å². The Labute approximate surface area is 286 Å². The van der Waals surface area contributed by atoms with Crippen LogP contribution in [0.5, 0.6) is 0 Å². The molecule has 8 heteroatoms. The Morgan fingerprint density at radius 2 is 1.30 bits per heavy atom. The highest BCUT2D eigenvalue weighted by atomic mass is 16.6. The van der Waals surface area contributed by atoms with Gasteiger partial charge in [-0.2, -0.15) is 0 Å². The minimum absolute atomic E-state index is 0.129. The smallest absolute Gasteiger partial charge is 0.306 e. The van der Waals surface area contributed by atoms with Gasteiger partial charge in [-0.15, -0.1) is 0 Å². The molecular weight excluding hydrogens is 594 g/mol. The molecule has 270 valence electrons. The molecule has 0 saturated heterocycles. The number of hydrogen-bond donors (Lipinski definition) is 1. The molecule has 8 nitrogen and oxygen atoms in total. The third-order valence-electron chi connectivity index (χ3n) is 8.54. The Kier molecular flexibility index (Phi) is 21.3. The normalized spacial score (nSPS) is 14.1. The third-order valence-corrected chi connectivity index (χ3v) is 8.54. The van der Waals surface area contributed by atoms with E-state index < -0.39 is 11.2 Å². The Morgan fingerprint density at radius 1 is 0.745 bits per heavy atom. The molecule has 0 aromatic heterocycles. The fourth-order valence-corrected chi connectivity index (χ4v) is 5.80. The summed E-state index contributed by atoms with van der Waals surface area (Å²) in [6, 6.07) is 0. The molecular formula is C39H67NO7. The molecule has 0 saturated carbocycles. The Bertz CT molecular complexity index is 1020. The van der Waals surface area contributed by atoms with Crippen LogP contribution in [0.4, 0.5) is 0 Å². The van der Waals surface area contributed by atoms with E-state index in [-0.39, 0.29) is 36.3 Å². The van der Waals surface area contributed by atoms with Gasteiger partial charge in [-0.25, -0.2) is 0 Å². The van der Waals surface area contributed by atoms with Crippen LogP contribution in [0.1, 0.15) is 177 Å². The maximum atomic E-state index is 13.7. The molecule has 0 heterocycles. The molecule has 0 radical (unpaired) electrons. The van der Waals surface area contributed by atoms with Crippen LogP contribution in [0, 0.1) is 0 Å². The van der Waals surface area contributed by atoms with E-state index in [0.29, 0.717) is 49.1 Å². The zero-order valence-electron chi connectivity index (χ0n) is 31.0. The number of allylic oxidation sites excluding steroid dienone is 2. The molecule has 0 unspecified atom stereocenters. The lowest BCUT2D eigenvalue weighted by Crippen LogP contribution is -2.32. The van der Waals surface area contributed by atoms with Gasteiger partial charge in [0.1, 0.15) is 11.2 Å². The van der Waals surface area contributed by atoms with Crippen molar-refractivity contribution in [1.29, 1.82) is 0 Å². The Morgan fingerprint density at radius 3 is 1.83 bits per heavy atom. The monoisotopic (exact) mass is 661 g/mol. The lowest BCUT2D eigenvalue weighted by Gasteiger charge is -2.24. The lowest BCUT2D eigenvalue weighted by atomic mass is 9.89. The number of carbonyl (C=O) groups is 4. The number of nitrogens with one attached hydrogen (secondary N) is 1. The summed E-state index contributed by atoms with van der Waals surface area (Å²) in [4.78, 5) is 50.0.